The Bertz CT molecular complexity index is 2040. The van der Waals surface area contributed by atoms with Gasteiger partial charge < -0.3 is 9.47 Å². The minimum Gasteiger partial charge on any atom is -0.310 e. The Kier molecular flexibility index (Phi) is 6.88. The SMILES string of the molecule is CC1CC=Cc2c1c1ccccc1n2-c1cccc(N(c2ccc(-c3ccccc3)cc2)c2ccc(-c3ccccc3)cc2)c1. The summed E-state index contributed by atoms with van der Waals surface area (Å²) in [5, 5.41) is 1.35. The summed E-state index contributed by atoms with van der Waals surface area (Å²) in [7, 11) is 0. The fraction of sp³-hybridized carbons (Fsp3) is 0.0698. The minimum atomic E-state index is 0.488. The number of nitrogens with zero attached hydrogens (tertiary/aromatic N) is 2. The zero-order valence-electron chi connectivity index (χ0n) is 25.3. The van der Waals surface area contributed by atoms with Gasteiger partial charge in [-0.25, -0.2) is 0 Å². The van der Waals surface area contributed by atoms with Crippen LogP contribution in [-0.4, -0.2) is 4.57 Å². The van der Waals surface area contributed by atoms with E-state index in [1.54, 1.807) is 0 Å². The van der Waals surface area contributed by atoms with E-state index >= 15 is 0 Å². The molecule has 6 aromatic carbocycles. The van der Waals surface area contributed by atoms with E-state index in [0.29, 0.717) is 5.92 Å². The molecule has 1 aliphatic rings. The van der Waals surface area contributed by atoms with Crippen LogP contribution in [0, 0.1) is 0 Å². The third-order valence-corrected chi connectivity index (χ3v) is 9.02. The van der Waals surface area contributed by atoms with Gasteiger partial charge in [0.05, 0.1) is 5.52 Å². The number of rotatable bonds is 6. The van der Waals surface area contributed by atoms with Crippen LogP contribution >= 0.6 is 0 Å². The van der Waals surface area contributed by atoms with Gasteiger partial charge in [0.25, 0.3) is 0 Å². The first-order valence-electron chi connectivity index (χ1n) is 15.8. The molecule has 0 saturated heterocycles. The number of benzene rings is 6. The van der Waals surface area contributed by atoms with E-state index < -0.39 is 0 Å². The summed E-state index contributed by atoms with van der Waals surface area (Å²) in [4.78, 5) is 2.36. The Morgan fingerprint density at radius 1 is 0.533 bits per heavy atom. The van der Waals surface area contributed by atoms with Crippen LogP contribution in [0.25, 0.3) is 44.9 Å². The molecule has 0 radical (unpaired) electrons. The molecule has 0 aliphatic heterocycles. The van der Waals surface area contributed by atoms with Crippen molar-refractivity contribution in [2.75, 3.05) is 4.90 Å². The molecule has 0 saturated carbocycles. The molecule has 7 aromatic rings. The third kappa shape index (κ3) is 4.95. The molecule has 1 unspecified atom stereocenters. The first-order chi connectivity index (χ1) is 22.2. The molecule has 2 heteroatoms. The number of para-hydroxylation sites is 1. The lowest BCUT2D eigenvalue weighted by Crippen LogP contribution is -2.11. The van der Waals surface area contributed by atoms with Crippen LogP contribution in [0.5, 0.6) is 0 Å². The Morgan fingerprint density at radius 2 is 1.09 bits per heavy atom. The van der Waals surface area contributed by atoms with Gasteiger partial charge in [-0.15, -0.1) is 0 Å². The van der Waals surface area contributed by atoms with Crippen molar-refractivity contribution >= 4 is 34.0 Å². The number of anilines is 3. The van der Waals surface area contributed by atoms with Crippen molar-refractivity contribution in [3.8, 4) is 27.9 Å². The molecule has 0 spiro atoms. The van der Waals surface area contributed by atoms with Crippen LogP contribution in [0.1, 0.15) is 30.5 Å². The maximum Gasteiger partial charge on any atom is 0.0537 e. The van der Waals surface area contributed by atoms with Gasteiger partial charge in [0, 0.05) is 33.8 Å². The van der Waals surface area contributed by atoms with Crippen LogP contribution < -0.4 is 4.90 Å². The van der Waals surface area contributed by atoms with Crippen LogP contribution in [0.2, 0.25) is 0 Å². The normalized spacial score (nSPS) is 13.9. The van der Waals surface area contributed by atoms with Crippen LogP contribution in [0.4, 0.5) is 17.1 Å². The fourth-order valence-corrected chi connectivity index (χ4v) is 6.83. The Labute approximate surface area is 265 Å². The van der Waals surface area contributed by atoms with E-state index in [-0.39, 0.29) is 0 Å². The second-order valence-electron chi connectivity index (χ2n) is 11.9. The fourth-order valence-electron chi connectivity index (χ4n) is 6.83. The van der Waals surface area contributed by atoms with Crippen LogP contribution in [0.3, 0.4) is 0 Å². The van der Waals surface area contributed by atoms with Crippen LogP contribution in [-0.2, 0) is 0 Å². The molecule has 1 aromatic heterocycles. The van der Waals surface area contributed by atoms with Gasteiger partial charge in [-0.3, -0.25) is 0 Å². The topological polar surface area (TPSA) is 8.17 Å². The molecule has 8 rings (SSSR count). The van der Waals surface area contributed by atoms with Crippen molar-refractivity contribution in [1.29, 1.82) is 0 Å². The Morgan fingerprint density at radius 3 is 1.71 bits per heavy atom. The van der Waals surface area contributed by atoms with E-state index in [9.17, 15) is 0 Å². The quantitative estimate of drug-likeness (QED) is 0.191. The standard InChI is InChI=1S/C43H34N2/c1-31-12-10-21-42-43(31)40-19-8-9-20-41(40)45(42)39-18-11-17-38(30-39)44(36-26-22-34(23-27-36)32-13-4-2-5-14-32)37-28-24-35(25-29-37)33-15-6-3-7-16-33/h2-11,13-31H,12H2,1H3. The van der Waals surface area contributed by atoms with Gasteiger partial charge in [0.1, 0.15) is 0 Å². The van der Waals surface area contributed by atoms with Gasteiger partial charge in [-0.1, -0.05) is 122 Å². The molecule has 1 aliphatic carbocycles. The summed E-state index contributed by atoms with van der Waals surface area (Å²) in [6.45, 7) is 2.34. The van der Waals surface area contributed by atoms with E-state index in [0.717, 1.165) is 29.2 Å². The molecule has 0 amide bonds. The summed E-state index contributed by atoms with van der Waals surface area (Å²) in [6.07, 6.45) is 5.71. The molecule has 216 valence electrons. The molecule has 1 atom stereocenters. The predicted molar refractivity (Wildman–Crippen MR) is 191 cm³/mol. The molecule has 0 N–H and O–H groups in total. The molecule has 0 bridgehead atoms. The number of fused-ring (bicyclic) bond motifs is 3. The Balaban J connectivity index is 1.26. The highest BCUT2D eigenvalue weighted by Crippen LogP contribution is 2.41. The number of allylic oxidation sites excluding steroid dienone is 1. The van der Waals surface area contributed by atoms with Crippen molar-refractivity contribution in [2.45, 2.75) is 19.3 Å². The molecule has 2 nitrogen and oxygen atoms in total. The second-order valence-corrected chi connectivity index (χ2v) is 11.9. The molecular formula is C43H34N2. The van der Waals surface area contributed by atoms with Crippen molar-refractivity contribution in [3.05, 3.63) is 175 Å². The summed E-state index contributed by atoms with van der Waals surface area (Å²) in [5.74, 6) is 0.488. The lowest BCUT2D eigenvalue weighted by molar-refractivity contribution is 0.773. The zero-order valence-corrected chi connectivity index (χ0v) is 25.3. The minimum absolute atomic E-state index is 0.488. The van der Waals surface area contributed by atoms with Gasteiger partial charge in [-0.05, 0) is 94.8 Å². The highest BCUT2D eigenvalue weighted by atomic mass is 15.1. The maximum absolute atomic E-state index is 2.44. The predicted octanol–water partition coefficient (Wildman–Crippen LogP) is 12.0. The van der Waals surface area contributed by atoms with E-state index in [2.05, 4.69) is 186 Å². The third-order valence-electron chi connectivity index (χ3n) is 9.02. The largest absolute Gasteiger partial charge is 0.310 e. The molecule has 45 heavy (non-hydrogen) atoms. The highest BCUT2D eigenvalue weighted by Gasteiger charge is 2.23. The number of hydrogen-bond acceptors (Lipinski definition) is 1. The van der Waals surface area contributed by atoms with Gasteiger partial charge in [0.2, 0.25) is 0 Å². The highest BCUT2D eigenvalue weighted by molar-refractivity contribution is 5.92. The zero-order chi connectivity index (χ0) is 30.2. The van der Waals surface area contributed by atoms with Crippen molar-refractivity contribution in [2.24, 2.45) is 0 Å². The summed E-state index contributed by atoms with van der Waals surface area (Å²) < 4.78 is 2.44. The van der Waals surface area contributed by atoms with Crippen LogP contribution in [0.15, 0.2) is 164 Å². The number of aromatic nitrogens is 1. The maximum atomic E-state index is 2.44. The van der Waals surface area contributed by atoms with E-state index in [1.807, 2.05) is 0 Å². The van der Waals surface area contributed by atoms with Gasteiger partial charge in [0.15, 0.2) is 0 Å². The first-order valence-corrected chi connectivity index (χ1v) is 15.8. The van der Waals surface area contributed by atoms with Crippen molar-refractivity contribution in [3.63, 3.8) is 0 Å². The smallest absolute Gasteiger partial charge is 0.0537 e. The monoisotopic (exact) mass is 578 g/mol. The average molecular weight is 579 g/mol. The van der Waals surface area contributed by atoms with Gasteiger partial charge >= 0.3 is 0 Å². The van der Waals surface area contributed by atoms with E-state index in [1.165, 1.54) is 44.4 Å². The van der Waals surface area contributed by atoms with E-state index in [4.69, 9.17) is 0 Å². The van der Waals surface area contributed by atoms with Crippen molar-refractivity contribution < 1.29 is 0 Å². The molecule has 1 heterocycles. The Hall–Kier alpha value is -5.60. The first kappa shape index (κ1) is 27.0. The summed E-state index contributed by atoms with van der Waals surface area (Å²) in [5.41, 5.74) is 13.4. The second kappa shape index (κ2) is 11.5. The molecule has 0 fully saturated rings. The van der Waals surface area contributed by atoms with Crippen molar-refractivity contribution in [1.82, 2.24) is 4.57 Å². The molecular weight excluding hydrogens is 544 g/mol. The lowest BCUT2D eigenvalue weighted by atomic mass is 9.91. The summed E-state index contributed by atoms with van der Waals surface area (Å²) in [6, 6.07) is 56.8. The summed E-state index contributed by atoms with van der Waals surface area (Å²) >= 11 is 0. The number of hydrogen-bond donors (Lipinski definition) is 0. The average Bonchev–Trinajstić information content (AvgIpc) is 3.45. The van der Waals surface area contributed by atoms with Gasteiger partial charge in [-0.2, -0.15) is 0 Å². The lowest BCUT2D eigenvalue weighted by Gasteiger charge is -2.27.